The minimum atomic E-state index is -0.473. The van der Waals surface area contributed by atoms with Crippen LogP contribution in [0.3, 0.4) is 0 Å². The number of para-hydroxylation sites is 2. The first-order chi connectivity index (χ1) is 11.2. The van der Waals surface area contributed by atoms with Crippen molar-refractivity contribution in [3.63, 3.8) is 0 Å². The van der Waals surface area contributed by atoms with Gasteiger partial charge in [-0.25, -0.2) is 4.98 Å². The van der Waals surface area contributed by atoms with Crippen molar-refractivity contribution in [2.45, 2.75) is 13.0 Å². The van der Waals surface area contributed by atoms with Gasteiger partial charge in [-0.2, -0.15) is 0 Å². The van der Waals surface area contributed by atoms with Crippen LogP contribution >= 0.6 is 0 Å². The van der Waals surface area contributed by atoms with Crippen molar-refractivity contribution in [2.75, 3.05) is 0 Å². The summed E-state index contributed by atoms with van der Waals surface area (Å²) in [5.74, 6) is -0.568. The highest BCUT2D eigenvalue weighted by molar-refractivity contribution is 6.21. The first-order valence-corrected chi connectivity index (χ1v) is 7.35. The molecule has 5 heteroatoms. The molecule has 1 aliphatic heterocycles. The van der Waals surface area contributed by atoms with Crippen molar-refractivity contribution in [3.8, 4) is 0 Å². The van der Waals surface area contributed by atoms with Crippen LogP contribution in [0.15, 0.2) is 54.7 Å². The zero-order chi connectivity index (χ0) is 16.0. The smallest absolute Gasteiger partial charge is 0.262 e. The number of benzene rings is 2. The lowest BCUT2D eigenvalue weighted by atomic mass is 10.1. The first-order valence-electron chi connectivity index (χ1n) is 7.35. The van der Waals surface area contributed by atoms with Gasteiger partial charge in [0.15, 0.2) is 0 Å². The van der Waals surface area contributed by atoms with E-state index in [1.165, 1.54) is 4.90 Å². The number of fused-ring (bicyclic) bond motifs is 2. The average molecular weight is 303 g/mol. The van der Waals surface area contributed by atoms with Gasteiger partial charge in [0.25, 0.3) is 11.8 Å². The van der Waals surface area contributed by atoms with Crippen molar-refractivity contribution in [1.82, 2.24) is 14.9 Å². The third-order valence-electron chi connectivity index (χ3n) is 4.11. The van der Waals surface area contributed by atoms with Gasteiger partial charge >= 0.3 is 0 Å². The molecule has 23 heavy (non-hydrogen) atoms. The maximum absolute atomic E-state index is 12.5. The van der Waals surface area contributed by atoms with Crippen molar-refractivity contribution in [1.29, 1.82) is 0 Å². The lowest BCUT2D eigenvalue weighted by Gasteiger charge is -2.21. The van der Waals surface area contributed by atoms with Crippen molar-refractivity contribution >= 4 is 22.8 Å². The number of amides is 2. The van der Waals surface area contributed by atoms with Crippen LogP contribution in [0.2, 0.25) is 0 Å². The molecule has 4 rings (SSSR count). The third-order valence-corrected chi connectivity index (χ3v) is 4.11. The second kappa shape index (κ2) is 4.98. The fourth-order valence-electron chi connectivity index (χ4n) is 2.86. The van der Waals surface area contributed by atoms with Crippen LogP contribution in [0.4, 0.5) is 0 Å². The van der Waals surface area contributed by atoms with Gasteiger partial charge in [-0.1, -0.05) is 24.3 Å². The molecule has 3 aromatic rings. The van der Waals surface area contributed by atoms with E-state index in [1.54, 1.807) is 37.4 Å². The quantitative estimate of drug-likeness (QED) is 0.683. The molecule has 0 aliphatic carbocycles. The van der Waals surface area contributed by atoms with Gasteiger partial charge in [0.2, 0.25) is 0 Å². The monoisotopic (exact) mass is 303 g/mol. The van der Waals surface area contributed by atoms with Crippen molar-refractivity contribution in [3.05, 3.63) is 71.5 Å². The Balaban J connectivity index is 1.75. The van der Waals surface area contributed by atoms with E-state index in [-0.39, 0.29) is 11.8 Å². The molecule has 112 valence electrons. The highest BCUT2D eigenvalue weighted by atomic mass is 16.2. The van der Waals surface area contributed by atoms with E-state index in [0.717, 1.165) is 11.0 Å². The lowest BCUT2D eigenvalue weighted by Crippen LogP contribution is -2.33. The van der Waals surface area contributed by atoms with Crippen LogP contribution in [-0.2, 0) is 0 Å². The first kappa shape index (κ1) is 13.6. The molecule has 0 unspecified atom stereocenters. The Morgan fingerprint density at radius 1 is 0.870 bits per heavy atom. The molecule has 0 N–H and O–H groups in total. The fraction of sp³-hybridized carbons (Fsp3) is 0.111. The maximum atomic E-state index is 12.5. The summed E-state index contributed by atoms with van der Waals surface area (Å²) in [6, 6.07) is 13.9. The molecule has 2 amide bonds. The molecule has 2 aromatic carbocycles. The summed E-state index contributed by atoms with van der Waals surface area (Å²) in [6.45, 7) is 1.79. The molecule has 1 aliphatic rings. The van der Waals surface area contributed by atoms with Crippen LogP contribution in [0.1, 0.15) is 39.4 Å². The second-order valence-electron chi connectivity index (χ2n) is 5.49. The number of aromatic nitrogens is 2. The molecule has 1 atom stereocenters. The molecule has 0 bridgehead atoms. The number of hydrogen-bond donors (Lipinski definition) is 0. The lowest BCUT2D eigenvalue weighted by molar-refractivity contribution is 0.0592. The van der Waals surface area contributed by atoms with Crippen molar-refractivity contribution in [2.24, 2.45) is 0 Å². The summed E-state index contributed by atoms with van der Waals surface area (Å²) in [6.07, 6.45) is 1.62. The Labute approximate surface area is 132 Å². The largest absolute Gasteiger partial charge is 0.269 e. The van der Waals surface area contributed by atoms with Gasteiger partial charge in [0.05, 0.1) is 40.1 Å². The van der Waals surface area contributed by atoms with Gasteiger partial charge in [0.1, 0.15) is 0 Å². The van der Waals surface area contributed by atoms with Gasteiger partial charge in [0, 0.05) is 0 Å². The van der Waals surface area contributed by atoms with E-state index in [1.807, 2.05) is 24.3 Å². The van der Waals surface area contributed by atoms with Crippen LogP contribution in [0, 0.1) is 0 Å². The molecular weight excluding hydrogens is 290 g/mol. The molecule has 0 spiro atoms. The number of carbonyl (C=O) groups is 2. The Morgan fingerprint density at radius 3 is 2.09 bits per heavy atom. The molecular formula is C18H13N3O2. The van der Waals surface area contributed by atoms with Crippen LogP contribution < -0.4 is 0 Å². The van der Waals surface area contributed by atoms with Gasteiger partial charge in [-0.3, -0.25) is 19.5 Å². The van der Waals surface area contributed by atoms with Crippen LogP contribution in [0.5, 0.6) is 0 Å². The molecule has 0 radical (unpaired) electrons. The Morgan fingerprint density at radius 2 is 1.43 bits per heavy atom. The second-order valence-corrected chi connectivity index (χ2v) is 5.49. The van der Waals surface area contributed by atoms with Crippen LogP contribution in [-0.4, -0.2) is 26.7 Å². The summed E-state index contributed by atoms with van der Waals surface area (Å²) in [5, 5.41) is 0. The zero-order valence-electron chi connectivity index (χ0n) is 12.4. The number of imide groups is 1. The zero-order valence-corrected chi connectivity index (χ0v) is 12.4. The topological polar surface area (TPSA) is 63.2 Å². The minimum Gasteiger partial charge on any atom is -0.269 e. The number of nitrogens with zero attached hydrogens (tertiary/aromatic N) is 3. The predicted octanol–water partition coefficient (Wildman–Crippen LogP) is 2.99. The van der Waals surface area contributed by atoms with E-state index >= 15 is 0 Å². The van der Waals surface area contributed by atoms with E-state index in [4.69, 9.17) is 0 Å². The molecule has 2 heterocycles. The highest BCUT2D eigenvalue weighted by Crippen LogP contribution is 2.30. The fourth-order valence-corrected chi connectivity index (χ4v) is 2.86. The maximum Gasteiger partial charge on any atom is 0.262 e. The summed E-state index contributed by atoms with van der Waals surface area (Å²) in [5.41, 5.74) is 3.01. The van der Waals surface area contributed by atoms with Crippen LogP contribution in [0.25, 0.3) is 11.0 Å². The molecule has 0 saturated heterocycles. The average Bonchev–Trinajstić information content (AvgIpc) is 2.85. The third kappa shape index (κ3) is 2.01. The molecule has 0 saturated carbocycles. The molecule has 5 nitrogen and oxygen atoms in total. The summed E-state index contributed by atoms with van der Waals surface area (Å²) in [4.78, 5) is 35.2. The SMILES string of the molecule is C[C@H](c1cnc2ccccc2n1)N1C(=O)c2ccccc2C1=O. The minimum absolute atomic E-state index is 0.284. The highest BCUT2D eigenvalue weighted by Gasteiger charge is 2.39. The molecule has 1 aromatic heterocycles. The summed E-state index contributed by atoms with van der Waals surface area (Å²) in [7, 11) is 0. The Hall–Kier alpha value is -3.08. The normalized spacial score (nSPS) is 15.1. The van der Waals surface area contributed by atoms with E-state index in [2.05, 4.69) is 9.97 Å². The number of rotatable bonds is 2. The predicted molar refractivity (Wildman–Crippen MR) is 84.9 cm³/mol. The summed E-state index contributed by atoms with van der Waals surface area (Å²) < 4.78 is 0. The van der Waals surface area contributed by atoms with Gasteiger partial charge < -0.3 is 0 Å². The molecule has 0 fully saturated rings. The van der Waals surface area contributed by atoms with Gasteiger partial charge in [-0.15, -0.1) is 0 Å². The summed E-state index contributed by atoms with van der Waals surface area (Å²) >= 11 is 0. The Kier molecular flexibility index (Phi) is 2.94. The van der Waals surface area contributed by atoms with Gasteiger partial charge in [-0.05, 0) is 31.2 Å². The van der Waals surface area contributed by atoms with Crippen molar-refractivity contribution < 1.29 is 9.59 Å². The van der Waals surface area contributed by atoms with E-state index in [0.29, 0.717) is 16.8 Å². The standard InChI is InChI=1S/C18H13N3O2/c1-11(16-10-19-14-8-4-5-9-15(14)20-16)21-17(22)12-6-2-3-7-13(12)18(21)23/h2-11H,1H3/t11-/m1/s1. The number of hydrogen-bond acceptors (Lipinski definition) is 4. The number of carbonyl (C=O) groups excluding carboxylic acids is 2. The van der Waals surface area contributed by atoms with E-state index < -0.39 is 6.04 Å². The Bertz CT molecular complexity index is 917. The van der Waals surface area contributed by atoms with E-state index in [9.17, 15) is 9.59 Å².